The Kier molecular flexibility index (Phi) is 3.23. The molecule has 2 nitrogen and oxygen atoms in total. The van der Waals surface area contributed by atoms with Crippen molar-refractivity contribution in [1.29, 1.82) is 0 Å². The van der Waals surface area contributed by atoms with Crippen LogP contribution in [0.3, 0.4) is 0 Å². The third-order valence-electron chi connectivity index (χ3n) is 1.43. The van der Waals surface area contributed by atoms with Crippen LogP contribution in [0.1, 0.15) is 6.42 Å². The van der Waals surface area contributed by atoms with Gasteiger partial charge in [0.25, 0.3) is 0 Å². The molecule has 1 rings (SSSR count). The van der Waals surface area contributed by atoms with Gasteiger partial charge in [-0.05, 0) is 12.7 Å². The minimum atomic E-state index is 0.986. The number of aromatic nitrogens is 2. The van der Waals surface area contributed by atoms with Crippen molar-refractivity contribution in [3.8, 4) is 0 Å². The topological polar surface area (TPSA) is 17.8 Å². The molecule has 0 fully saturated rings. The van der Waals surface area contributed by atoms with Crippen LogP contribution >= 0.6 is 11.8 Å². The second-order valence-corrected chi connectivity index (χ2v) is 2.96. The highest BCUT2D eigenvalue weighted by Crippen LogP contribution is 2.11. The second-order valence-electron chi connectivity index (χ2n) is 2.18. The highest BCUT2D eigenvalue weighted by atomic mass is 32.2. The number of thioether (sulfide) groups is 1. The van der Waals surface area contributed by atoms with Gasteiger partial charge in [0.15, 0.2) is 5.16 Å². The molecule has 0 bridgehead atoms. The zero-order valence-electron chi connectivity index (χ0n) is 6.66. The standard InChI is InChI=1S/C8H12N2S/c1-3-4-6-10-7-5-9-8(10)11-2/h3,5,7H,1,4,6H2,2H3. The average Bonchev–Trinajstić information content (AvgIpc) is 2.47. The van der Waals surface area contributed by atoms with E-state index in [0.29, 0.717) is 0 Å². The Morgan fingerprint density at radius 1 is 1.82 bits per heavy atom. The van der Waals surface area contributed by atoms with Gasteiger partial charge in [0.05, 0.1) is 0 Å². The van der Waals surface area contributed by atoms with Crippen molar-refractivity contribution in [3.05, 3.63) is 25.0 Å². The Balaban J connectivity index is 2.60. The first kappa shape index (κ1) is 8.40. The summed E-state index contributed by atoms with van der Waals surface area (Å²) in [5.74, 6) is 0. The van der Waals surface area contributed by atoms with Gasteiger partial charge in [-0.3, -0.25) is 0 Å². The monoisotopic (exact) mass is 168 g/mol. The van der Waals surface area contributed by atoms with E-state index in [1.165, 1.54) is 0 Å². The SMILES string of the molecule is C=CCCn1ccnc1SC. The molecule has 11 heavy (non-hydrogen) atoms. The van der Waals surface area contributed by atoms with Crippen molar-refractivity contribution < 1.29 is 0 Å². The molecule has 0 aromatic carbocycles. The van der Waals surface area contributed by atoms with Gasteiger partial charge < -0.3 is 4.57 Å². The molecular formula is C8H12N2S. The summed E-state index contributed by atoms with van der Waals surface area (Å²) in [6.07, 6.45) is 8.78. The van der Waals surface area contributed by atoms with Gasteiger partial charge in [-0.25, -0.2) is 4.98 Å². The number of rotatable bonds is 4. The lowest BCUT2D eigenvalue weighted by Gasteiger charge is -2.01. The summed E-state index contributed by atoms with van der Waals surface area (Å²) in [6.45, 7) is 4.66. The molecule has 1 aromatic heterocycles. The maximum absolute atomic E-state index is 4.18. The summed E-state index contributed by atoms with van der Waals surface area (Å²) in [5.41, 5.74) is 0. The molecule has 3 heteroatoms. The Morgan fingerprint density at radius 3 is 3.27 bits per heavy atom. The third-order valence-corrected chi connectivity index (χ3v) is 2.14. The Morgan fingerprint density at radius 2 is 2.64 bits per heavy atom. The summed E-state index contributed by atoms with van der Waals surface area (Å²) in [6, 6.07) is 0. The van der Waals surface area contributed by atoms with Gasteiger partial charge in [0, 0.05) is 18.9 Å². The molecule has 0 N–H and O–H groups in total. The van der Waals surface area contributed by atoms with Crippen LogP contribution in [-0.2, 0) is 6.54 Å². The van der Waals surface area contributed by atoms with Crippen LogP contribution in [0.15, 0.2) is 30.2 Å². The van der Waals surface area contributed by atoms with E-state index >= 15 is 0 Å². The molecule has 0 saturated carbocycles. The lowest BCUT2D eigenvalue weighted by atomic mass is 10.4. The van der Waals surface area contributed by atoms with Crippen LogP contribution in [0, 0.1) is 0 Å². The molecule has 0 amide bonds. The van der Waals surface area contributed by atoms with Crippen molar-refractivity contribution in [1.82, 2.24) is 9.55 Å². The highest BCUT2D eigenvalue weighted by molar-refractivity contribution is 7.98. The first-order chi connectivity index (χ1) is 5.38. The molecule has 0 aliphatic heterocycles. The predicted molar refractivity (Wildman–Crippen MR) is 48.8 cm³/mol. The van der Waals surface area contributed by atoms with E-state index in [4.69, 9.17) is 0 Å². The normalized spacial score (nSPS) is 9.91. The quantitative estimate of drug-likeness (QED) is 0.506. The van der Waals surface area contributed by atoms with Crippen molar-refractivity contribution in [2.45, 2.75) is 18.1 Å². The summed E-state index contributed by atoms with van der Waals surface area (Å²) in [5, 5.41) is 1.08. The van der Waals surface area contributed by atoms with Crippen LogP contribution in [0.4, 0.5) is 0 Å². The molecule has 0 unspecified atom stereocenters. The van der Waals surface area contributed by atoms with E-state index in [0.717, 1.165) is 18.1 Å². The van der Waals surface area contributed by atoms with Crippen molar-refractivity contribution in [3.63, 3.8) is 0 Å². The summed E-state index contributed by atoms with van der Waals surface area (Å²) in [7, 11) is 0. The van der Waals surface area contributed by atoms with E-state index in [2.05, 4.69) is 16.1 Å². The van der Waals surface area contributed by atoms with Gasteiger partial charge in [-0.15, -0.1) is 6.58 Å². The fraction of sp³-hybridized carbons (Fsp3) is 0.375. The predicted octanol–water partition coefficient (Wildman–Crippen LogP) is 2.18. The molecule has 0 atom stereocenters. The number of hydrogen-bond acceptors (Lipinski definition) is 2. The van der Waals surface area contributed by atoms with Gasteiger partial charge in [-0.1, -0.05) is 17.8 Å². The van der Waals surface area contributed by atoms with Crippen LogP contribution < -0.4 is 0 Å². The summed E-state index contributed by atoms with van der Waals surface area (Å²) < 4.78 is 2.13. The molecule has 0 aliphatic carbocycles. The molecular weight excluding hydrogens is 156 g/mol. The Bertz CT molecular complexity index is 230. The first-order valence-electron chi connectivity index (χ1n) is 3.54. The molecule has 1 heterocycles. The van der Waals surface area contributed by atoms with E-state index in [1.54, 1.807) is 11.8 Å². The highest BCUT2D eigenvalue weighted by Gasteiger charge is 1.97. The maximum atomic E-state index is 4.18. The van der Waals surface area contributed by atoms with Crippen molar-refractivity contribution in [2.24, 2.45) is 0 Å². The smallest absolute Gasteiger partial charge is 0.167 e. The summed E-state index contributed by atoms with van der Waals surface area (Å²) >= 11 is 1.67. The van der Waals surface area contributed by atoms with Crippen LogP contribution in [0.2, 0.25) is 0 Å². The van der Waals surface area contributed by atoms with Gasteiger partial charge in [-0.2, -0.15) is 0 Å². The minimum absolute atomic E-state index is 0.986. The Hall–Kier alpha value is -0.700. The van der Waals surface area contributed by atoms with E-state index in [-0.39, 0.29) is 0 Å². The number of hydrogen-bond donors (Lipinski definition) is 0. The molecule has 60 valence electrons. The second kappa shape index (κ2) is 4.23. The van der Waals surface area contributed by atoms with Crippen LogP contribution in [0.5, 0.6) is 0 Å². The van der Waals surface area contributed by atoms with Crippen LogP contribution in [-0.4, -0.2) is 15.8 Å². The number of aryl methyl sites for hydroxylation is 1. The Labute approximate surface area is 71.3 Å². The lowest BCUT2D eigenvalue weighted by Crippen LogP contribution is -1.96. The molecule has 0 saturated heterocycles. The molecule has 0 aliphatic rings. The van der Waals surface area contributed by atoms with Crippen molar-refractivity contribution in [2.75, 3.05) is 6.26 Å². The number of nitrogens with zero attached hydrogens (tertiary/aromatic N) is 2. The largest absolute Gasteiger partial charge is 0.326 e. The minimum Gasteiger partial charge on any atom is -0.326 e. The van der Waals surface area contributed by atoms with E-state index in [9.17, 15) is 0 Å². The zero-order chi connectivity index (χ0) is 8.10. The number of allylic oxidation sites excluding steroid dienone is 1. The summed E-state index contributed by atoms with van der Waals surface area (Å²) in [4.78, 5) is 4.18. The van der Waals surface area contributed by atoms with Gasteiger partial charge in [0.2, 0.25) is 0 Å². The van der Waals surface area contributed by atoms with E-state index < -0.39 is 0 Å². The fourth-order valence-corrected chi connectivity index (χ4v) is 1.44. The lowest BCUT2D eigenvalue weighted by molar-refractivity contribution is 0.644. The number of imidazole rings is 1. The first-order valence-corrected chi connectivity index (χ1v) is 4.77. The van der Waals surface area contributed by atoms with Crippen LogP contribution in [0.25, 0.3) is 0 Å². The maximum Gasteiger partial charge on any atom is 0.167 e. The zero-order valence-corrected chi connectivity index (χ0v) is 7.47. The molecule has 0 radical (unpaired) electrons. The average molecular weight is 168 g/mol. The van der Waals surface area contributed by atoms with E-state index in [1.807, 2.05) is 24.7 Å². The van der Waals surface area contributed by atoms with Gasteiger partial charge in [0.1, 0.15) is 0 Å². The van der Waals surface area contributed by atoms with Gasteiger partial charge >= 0.3 is 0 Å². The van der Waals surface area contributed by atoms with Crippen molar-refractivity contribution >= 4 is 11.8 Å². The molecule has 0 spiro atoms. The molecule has 1 aromatic rings. The third kappa shape index (κ3) is 2.12. The fourth-order valence-electron chi connectivity index (χ4n) is 0.886.